The van der Waals surface area contributed by atoms with Crippen LogP contribution in [0.1, 0.15) is 43.0 Å². The average Bonchev–Trinajstić information content (AvgIpc) is 3.19. The van der Waals surface area contributed by atoms with Gasteiger partial charge in [0.05, 0.1) is 7.11 Å². The van der Waals surface area contributed by atoms with Crippen LogP contribution in [0.25, 0.3) is 10.9 Å². The summed E-state index contributed by atoms with van der Waals surface area (Å²) in [5, 5.41) is 9.03. The molecule has 180 valence electrons. The highest BCUT2D eigenvalue weighted by Crippen LogP contribution is 2.32. The summed E-state index contributed by atoms with van der Waals surface area (Å²) in [5.74, 6) is 1.36. The molecule has 0 aliphatic heterocycles. The Morgan fingerprint density at radius 2 is 1.74 bits per heavy atom. The molecule has 0 saturated heterocycles. The van der Waals surface area contributed by atoms with Crippen LogP contribution in [-0.4, -0.2) is 23.7 Å². The Morgan fingerprint density at radius 3 is 2.26 bits per heavy atom. The van der Waals surface area contributed by atoms with Crippen LogP contribution >= 0.6 is 27.5 Å². The standard InChI is InChI=1S/C21H24BrNO.C6H5Cl.CH2O2/c1-4-5-18-19-13-16(22)8-11-20(19)23-21(18)14(2)12-15-6-9-17(24-3)10-7-15;7-6-4-2-1-3-5-6;2-1-3/h6-11,13-14,23H,4-5,12H2,1-3H3;1-5H;1H,(H,2,3). The molecular weight excluding hydrogens is 514 g/mol. The molecule has 0 fully saturated rings. The van der Waals surface area contributed by atoms with Crippen molar-refractivity contribution in [1.29, 1.82) is 0 Å². The molecule has 1 aromatic heterocycles. The Bertz CT molecular complexity index is 1140. The van der Waals surface area contributed by atoms with E-state index in [-0.39, 0.29) is 6.47 Å². The summed E-state index contributed by atoms with van der Waals surface area (Å²) in [6.45, 7) is 4.30. The number of hydrogen-bond donors (Lipinski definition) is 2. The summed E-state index contributed by atoms with van der Waals surface area (Å²) in [6.07, 6.45) is 3.29. The minimum absolute atomic E-state index is 0.250. The quantitative estimate of drug-likeness (QED) is 0.240. The van der Waals surface area contributed by atoms with Crippen molar-refractivity contribution in [2.45, 2.75) is 39.0 Å². The topological polar surface area (TPSA) is 62.3 Å². The molecule has 4 rings (SSSR count). The maximum Gasteiger partial charge on any atom is 0.290 e. The predicted octanol–water partition coefficient (Wildman–Crippen LogP) is 8.28. The zero-order valence-electron chi connectivity index (χ0n) is 19.7. The van der Waals surface area contributed by atoms with Crippen LogP contribution in [0.15, 0.2) is 77.3 Å². The molecular formula is C28H31BrClNO3. The number of H-pyrrole nitrogens is 1. The second-order valence-corrected chi connectivity index (χ2v) is 9.16. The van der Waals surface area contributed by atoms with Crippen LogP contribution in [0.3, 0.4) is 0 Å². The molecule has 3 aromatic carbocycles. The van der Waals surface area contributed by atoms with Gasteiger partial charge in [-0.25, -0.2) is 0 Å². The lowest BCUT2D eigenvalue weighted by Crippen LogP contribution is -2.02. The highest BCUT2D eigenvalue weighted by Gasteiger charge is 2.17. The number of rotatable bonds is 6. The van der Waals surface area contributed by atoms with E-state index in [9.17, 15) is 0 Å². The van der Waals surface area contributed by atoms with E-state index in [2.05, 4.69) is 65.1 Å². The van der Waals surface area contributed by atoms with E-state index in [1.807, 2.05) is 42.5 Å². The lowest BCUT2D eigenvalue weighted by Gasteiger charge is -2.13. The van der Waals surface area contributed by atoms with Gasteiger partial charge in [-0.3, -0.25) is 4.79 Å². The molecule has 0 bridgehead atoms. The summed E-state index contributed by atoms with van der Waals surface area (Å²) in [5.41, 5.74) is 5.42. The second-order valence-electron chi connectivity index (χ2n) is 7.81. The summed E-state index contributed by atoms with van der Waals surface area (Å²) < 4.78 is 6.39. The Hall–Kier alpha value is -2.76. The lowest BCUT2D eigenvalue weighted by atomic mass is 9.93. The van der Waals surface area contributed by atoms with Crippen LogP contribution < -0.4 is 4.74 Å². The second kappa shape index (κ2) is 14.5. The Balaban J connectivity index is 0.000000341. The number of carbonyl (C=O) groups is 1. The van der Waals surface area contributed by atoms with Crippen LogP contribution in [0, 0.1) is 0 Å². The van der Waals surface area contributed by atoms with Crippen molar-refractivity contribution in [3.63, 3.8) is 0 Å². The maximum absolute atomic E-state index is 8.36. The van der Waals surface area contributed by atoms with Gasteiger partial charge in [-0.1, -0.05) is 78.1 Å². The smallest absolute Gasteiger partial charge is 0.290 e. The van der Waals surface area contributed by atoms with Crippen molar-refractivity contribution < 1.29 is 14.6 Å². The zero-order chi connectivity index (χ0) is 24.9. The first kappa shape index (κ1) is 27.5. The van der Waals surface area contributed by atoms with Gasteiger partial charge in [0.25, 0.3) is 6.47 Å². The molecule has 2 N–H and O–H groups in total. The molecule has 1 atom stereocenters. The maximum atomic E-state index is 8.36. The number of benzene rings is 3. The van der Waals surface area contributed by atoms with Crippen LogP contribution in [-0.2, 0) is 17.6 Å². The van der Waals surface area contributed by atoms with Crippen molar-refractivity contribution >= 4 is 44.9 Å². The van der Waals surface area contributed by atoms with Gasteiger partial charge in [-0.05, 0) is 66.4 Å². The Morgan fingerprint density at radius 1 is 1.09 bits per heavy atom. The van der Waals surface area contributed by atoms with Crippen molar-refractivity contribution in [3.05, 3.63) is 99.1 Å². The average molecular weight is 545 g/mol. The molecule has 0 spiro atoms. The number of methoxy groups -OCH3 is 1. The predicted molar refractivity (Wildman–Crippen MR) is 145 cm³/mol. The van der Waals surface area contributed by atoms with Gasteiger partial charge < -0.3 is 14.8 Å². The first-order valence-corrected chi connectivity index (χ1v) is 12.3. The summed E-state index contributed by atoms with van der Waals surface area (Å²) in [7, 11) is 1.71. The molecule has 6 heteroatoms. The zero-order valence-corrected chi connectivity index (χ0v) is 22.1. The van der Waals surface area contributed by atoms with E-state index in [1.54, 1.807) is 7.11 Å². The van der Waals surface area contributed by atoms with E-state index < -0.39 is 0 Å². The molecule has 4 aromatic rings. The first-order valence-electron chi connectivity index (χ1n) is 11.1. The fraction of sp³-hybridized carbons (Fsp3) is 0.250. The van der Waals surface area contributed by atoms with Crippen molar-refractivity contribution in [2.24, 2.45) is 0 Å². The van der Waals surface area contributed by atoms with Gasteiger partial charge >= 0.3 is 0 Å². The molecule has 0 radical (unpaired) electrons. The van der Waals surface area contributed by atoms with Crippen LogP contribution in [0.2, 0.25) is 5.02 Å². The first-order chi connectivity index (χ1) is 16.4. The van der Waals surface area contributed by atoms with Gasteiger partial charge in [0, 0.05) is 32.0 Å². The lowest BCUT2D eigenvalue weighted by molar-refractivity contribution is -0.122. The fourth-order valence-electron chi connectivity index (χ4n) is 3.81. The highest BCUT2D eigenvalue weighted by atomic mass is 79.9. The summed E-state index contributed by atoms with van der Waals surface area (Å²) >= 11 is 9.15. The molecule has 1 heterocycles. The van der Waals surface area contributed by atoms with E-state index in [4.69, 9.17) is 26.2 Å². The number of halogens is 2. The molecule has 0 amide bonds. The summed E-state index contributed by atoms with van der Waals surface area (Å²) in [4.78, 5) is 12.0. The number of carboxylic acid groups (broad SMARTS) is 1. The Kier molecular flexibility index (Phi) is 11.7. The van der Waals surface area contributed by atoms with Crippen molar-refractivity contribution in [2.75, 3.05) is 7.11 Å². The molecule has 0 saturated carbocycles. The van der Waals surface area contributed by atoms with Crippen LogP contribution in [0.4, 0.5) is 0 Å². The third-order valence-electron chi connectivity index (χ3n) is 5.33. The van der Waals surface area contributed by atoms with E-state index >= 15 is 0 Å². The monoisotopic (exact) mass is 543 g/mol. The van der Waals surface area contributed by atoms with Gasteiger partial charge in [0.1, 0.15) is 5.75 Å². The molecule has 0 aliphatic rings. The van der Waals surface area contributed by atoms with Gasteiger partial charge in [0.2, 0.25) is 0 Å². The number of fused-ring (bicyclic) bond motifs is 1. The normalized spacial score (nSPS) is 11.0. The SMILES string of the molecule is CCCc1c(C(C)Cc2ccc(OC)cc2)[nH]c2ccc(Br)cc12.Clc1ccccc1.O=CO. The van der Waals surface area contributed by atoms with E-state index in [1.165, 1.54) is 27.7 Å². The third kappa shape index (κ3) is 8.23. The van der Waals surface area contributed by atoms with E-state index in [0.29, 0.717) is 5.92 Å². The number of hydrogen-bond acceptors (Lipinski definition) is 2. The highest BCUT2D eigenvalue weighted by molar-refractivity contribution is 9.10. The number of aromatic amines is 1. The van der Waals surface area contributed by atoms with Gasteiger partial charge in [-0.15, -0.1) is 0 Å². The van der Waals surface area contributed by atoms with Crippen molar-refractivity contribution in [1.82, 2.24) is 4.98 Å². The molecule has 34 heavy (non-hydrogen) atoms. The number of aryl methyl sites for hydroxylation is 1. The fourth-order valence-corrected chi connectivity index (χ4v) is 4.32. The van der Waals surface area contributed by atoms with Crippen LogP contribution in [0.5, 0.6) is 5.75 Å². The third-order valence-corrected chi connectivity index (χ3v) is 6.07. The number of ether oxygens (including phenoxy) is 1. The minimum Gasteiger partial charge on any atom is -0.497 e. The molecule has 1 unspecified atom stereocenters. The van der Waals surface area contributed by atoms with Gasteiger partial charge in [0.15, 0.2) is 0 Å². The van der Waals surface area contributed by atoms with Gasteiger partial charge in [-0.2, -0.15) is 0 Å². The number of aromatic nitrogens is 1. The summed E-state index contributed by atoms with van der Waals surface area (Å²) in [6, 6.07) is 24.4. The van der Waals surface area contributed by atoms with Crippen molar-refractivity contribution in [3.8, 4) is 5.75 Å². The molecule has 4 nitrogen and oxygen atoms in total. The molecule has 0 aliphatic carbocycles. The Labute approximate surface area is 215 Å². The largest absolute Gasteiger partial charge is 0.497 e. The van der Waals surface area contributed by atoms with E-state index in [0.717, 1.165) is 34.5 Å². The number of nitrogens with one attached hydrogen (secondary N) is 1. The minimum atomic E-state index is -0.250.